The Balaban J connectivity index is 1.49. The fraction of sp³-hybridized carbons (Fsp3) is 0.111. The minimum Gasteiger partial charge on any atom is -0.361 e. The van der Waals surface area contributed by atoms with Crippen molar-refractivity contribution in [1.29, 1.82) is 0 Å². The summed E-state index contributed by atoms with van der Waals surface area (Å²) in [4.78, 5) is 29.0. The van der Waals surface area contributed by atoms with E-state index in [4.69, 9.17) is 0 Å². The minimum absolute atomic E-state index is 0.196. The third-order valence-electron chi connectivity index (χ3n) is 5.34. The van der Waals surface area contributed by atoms with E-state index < -0.39 is 0 Å². The standard InChI is InChI=1S/C27H24BrN3O2/c1-18-6-10-20(11-7-18)26(32)31-25(16-19-8-12-22(28)13-9-19)27(33)29-15-14-21-17-30-24-5-3-2-4-23(21)24/h2-13,16-17,30H,14-15H2,1H3,(H,29,33)(H,31,32)/b25-16-. The Morgan fingerprint density at radius 2 is 1.70 bits per heavy atom. The molecule has 0 aliphatic rings. The van der Waals surface area contributed by atoms with Crippen LogP contribution in [0.5, 0.6) is 0 Å². The van der Waals surface area contributed by atoms with Gasteiger partial charge < -0.3 is 15.6 Å². The fourth-order valence-corrected chi connectivity index (χ4v) is 3.79. The van der Waals surface area contributed by atoms with Gasteiger partial charge in [0.25, 0.3) is 11.8 Å². The number of fused-ring (bicyclic) bond motifs is 1. The number of para-hydroxylation sites is 1. The number of hydrogen-bond donors (Lipinski definition) is 3. The Hall–Kier alpha value is -3.64. The van der Waals surface area contributed by atoms with Crippen molar-refractivity contribution in [2.75, 3.05) is 6.54 Å². The number of H-pyrrole nitrogens is 1. The number of amides is 2. The van der Waals surface area contributed by atoms with Crippen molar-refractivity contribution in [2.45, 2.75) is 13.3 Å². The molecular formula is C27H24BrN3O2. The average molecular weight is 502 g/mol. The van der Waals surface area contributed by atoms with Gasteiger partial charge in [0.15, 0.2) is 0 Å². The summed E-state index contributed by atoms with van der Waals surface area (Å²) in [5.41, 5.74) is 4.76. The molecule has 4 rings (SSSR count). The fourth-order valence-electron chi connectivity index (χ4n) is 3.53. The molecule has 3 N–H and O–H groups in total. The number of nitrogens with one attached hydrogen (secondary N) is 3. The van der Waals surface area contributed by atoms with Gasteiger partial charge in [0.1, 0.15) is 5.70 Å². The first-order valence-corrected chi connectivity index (χ1v) is 11.5. The van der Waals surface area contributed by atoms with Crippen LogP contribution in [0.1, 0.15) is 27.0 Å². The van der Waals surface area contributed by atoms with E-state index in [0.29, 0.717) is 18.5 Å². The summed E-state index contributed by atoms with van der Waals surface area (Å²) in [5.74, 6) is -0.664. The second-order valence-corrected chi connectivity index (χ2v) is 8.71. The summed E-state index contributed by atoms with van der Waals surface area (Å²) in [7, 11) is 0. The van der Waals surface area contributed by atoms with Gasteiger partial charge in [-0.3, -0.25) is 9.59 Å². The molecule has 6 heteroatoms. The second-order valence-electron chi connectivity index (χ2n) is 7.80. The van der Waals surface area contributed by atoms with E-state index in [2.05, 4.69) is 37.6 Å². The number of aryl methyl sites for hydroxylation is 1. The van der Waals surface area contributed by atoms with Crippen LogP contribution in [-0.4, -0.2) is 23.3 Å². The number of hydrogen-bond acceptors (Lipinski definition) is 2. The van der Waals surface area contributed by atoms with Crippen LogP contribution in [0.4, 0.5) is 0 Å². The first kappa shape index (κ1) is 22.6. The molecular weight excluding hydrogens is 478 g/mol. The third-order valence-corrected chi connectivity index (χ3v) is 5.87. The van der Waals surface area contributed by atoms with Gasteiger partial charge in [-0.2, -0.15) is 0 Å². The number of rotatable bonds is 7. The van der Waals surface area contributed by atoms with Crippen LogP contribution in [-0.2, 0) is 11.2 Å². The number of halogens is 1. The Kier molecular flexibility index (Phi) is 7.05. The molecule has 0 bridgehead atoms. The number of benzene rings is 3. The number of aromatic nitrogens is 1. The van der Waals surface area contributed by atoms with Crippen LogP contribution in [0.25, 0.3) is 17.0 Å². The van der Waals surface area contributed by atoms with Crippen molar-refractivity contribution < 1.29 is 9.59 Å². The summed E-state index contributed by atoms with van der Waals surface area (Å²) in [5, 5.41) is 6.86. The summed E-state index contributed by atoms with van der Waals surface area (Å²) in [6.07, 6.45) is 4.32. The zero-order valence-electron chi connectivity index (χ0n) is 18.2. The number of carbonyl (C=O) groups is 2. The molecule has 4 aromatic rings. The van der Waals surface area contributed by atoms with E-state index in [-0.39, 0.29) is 17.5 Å². The van der Waals surface area contributed by atoms with E-state index in [9.17, 15) is 9.59 Å². The number of carbonyl (C=O) groups excluding carboxylic acids is 2. The highest BCUT2D eigenvalue weighted by Crippen LogP contribution is 2.18. The maximum atomic E-state index is 13.0. The molecule has 0 aliphatic heterocycles. The van der Waals surface area contributed by atoms with Crippen LogP contribution in [0, 0.1) is 6.92 Å². The molecule has 0 aliphatic carbocycles. The van der Waals surface area contributed by atoms with Crippen molar-refractivity contribution in [3.63, 3.8) is 0 Å². The monoisotopic (exact) mass is 501 g/mol. The van der Waals surface area contributed by atoms with Gasteiger partial charge in [-0.05, 0) is 60.9 Å². The zero-order valence-corrected chi connectivity index (χ0v) is 19.8. The van der Waals surface area contributed by atoms with Gasteiger partial charge >= 0.3 is 0 Å². The van der Waals surface area contributed by atoms with E-state index in [1.807, 2.05) is 67.7 Å². The Morgan fingerprint density at radius 1 is 0.970 bits per heavy atom. The third kappa shape index (κ3) is 5.79. The van der Waals surface area contributed by atoms with Crippen molar-refractivity contribution in [3.05, 3.63) is 111 Å². The van der Waals surface area contributed by atoms with Crippen molar-refractivity contribution >= 4 is 44.7 Å². The van der Waals surface area contributed by atoms with Crippen LogP contribution in [0.2, 0.25) is 0 Å². The topological polar surface area (TPSA) is 74.0 Å². The Labute approximate surface area is 201 Å². The highest BCUT2D eigenvalue weighted by molar-refractivity contribution is 9.10. The van der Waals surface area contributed by atoms with Gasteiger partial charge in [-0.25, -0.2) is 0 Å². The molecule has 0 saturated carbocycles. The summed E-state index contributed by atoms with van der Waals surface area (Å²) >= 11 is 3.42. The Bertz CT molecular complexity index is 1310. The summed E-state index contributed by atoms with van der Waals surface area (Å²) in [6, 6.07) is 22.8. The lowest BCUT2D eigenvalue weighted by Crippen LogP contribution is -2.35. The molecule has 2 amide bonds. The molecule has 0 saturated heterocycles. The van der Waals surface area contributed by atoms with Crippen molar-refractivity contribution in [2.24, 2.45) is 0 Å². The highest BCUT2D eigenvalue weighted by Gasteiger charge is 2.15. The van der Waals surface area contributed by atoms with Crippen molar-refractivity contribution in [3.8, 4) is 0 Å². The molecule has 0 radical (unpaired) electrons. The van der Waals surface area contributed by atoms with Gasteiger partial charge in [-0.15, -0.1) is 0 Å². The highest BCUT2D eigenvalue weighted by atomic mass is 79.9. The molecule has 5 nitrogen and oxygen atoms in total. The lowest BCUT2D eigenvalue weighted by Gasteiger charge is -2.11. The summed E-state index contributed by atoms with van der Waals surface area (Å²) < 4.78 is 0.938. The first-order valence-electron chi connectivity index (χ1n) is 10.7. The normalized spacial score (nSPS) is 11.4. The largest absolute Gasteiger partial charge is 0.361 e. The quantitative estimate of drug-likeness (QED) is 0.298. The van der Waals surface area contributed by atoms with Crippen LogP contribution < -0.4 is 10.6 Å². The van der Waals surface area contributed by atoms with E-state index >= 15 is 0 Å². The lowest BCUT2D eigenvalue weighted by atomic mass is 10.1. The summed E-state index contributed by atoms with van der Waals surface area (Å²) in [6.45, 7) is 2.40. The molecule has 33 heavy (non-hydrogen) atoms. The number of aromatic amines is 1. The second kappa shape index (κ2) is 10.3. The lowest BCUT2D eigenvalue weighted by molar-refractivity contribution is -0.117. The molecule has 166 valence electrons. The van der Waals surface area contributed by atoms with Crippen LogP contribution in [0.3, 0.4) is 0 Å². The van der Waals surface area contributed by atoms with Crippen LogP contribution in [0.15, 0.2) is 89.2 Å². The molecule has 1 heterocycles. The average Bonchev–Trinajstić information content (AvgIpc) is 3.23. The maximum Gasteiger partial charge on any atom is 0.267 e. The van der Waals surface area contributed by atoms with Gasteiger partial charge in [0.2, 0.25) is 0 Å². The Morgan fingerprint density at radius 3 is 2.45 bits per heavy atom. The molecule has 0 atom stereocenters. The predicted molar refractivity (Wildman–Crippen MR) is 136 cm³/mol. The minimum atomic E-state index is -0.335. The first-order chi connectivity index (χ1) is 16.0. The SMILES string of the molecule is Cc1ccc(C(=O)N/C(=C\c2ccc(Br)cc2)C(=O)NCCc2c[nH]c3ccccc23)cc1. The predicted octanol–water partition coefficient (Wildman–Crippen LogP) is 5.37. The zero-order chi connectivity index (χ0) is 23.2. The van der Waals surface area contributed by atoms with Gasteiger partial charge in [0.05, 0.1) is 0 Å². The van der Waals surface area contributed by atoms with E-state index in [1.54, 1.807) is 18.2 Å². The molecule has 0 spiro atoms. The molecule has 3 aromatic carbocycles. The van der Waals surface area contributed by atoms with Crippen LogP contribution >= 0.6 is 15.9 Å². The molecule has 0 unspecified atom stereocenters. The van der Waals surface area contributed by atoms with E-state index in [0.717, 1.165) is 32.1 Å². The molecule has 0 fully saturated rings. The van der Waals surface area contributed by atoms with Gasteiger partial charge in [-0.1, -0.05) is 64.0 Å². The van der Waals surface area contributed by atoms with Gasteiger partial charge in [0, 0.05) is 33.7 Å². The van der Waals surface area contributed by atoms with E-state index in [1.165, 1.54) is 0 Å². The smallest absolute Gasteiger partial charge is 0.267 e. The maximum absolute atomic E-state index is 13.0. The van der Waals surface area contributed by atoms with Crippen molar-refractivity contribution in [1.82, 2.24) is 15.6 Å². The molecule has 1 aromatic heterocycles.